The molecule has 0 spiro atoms. The second-order valence-corrected chi connectivity index (χ2v) is 16.9. The molecule has 9 aromatic rings. The standard InChI is InChI=1S/C50H34OS2/c1-29-22-26-44(52-29)48-36-16-7-3-12-32(36)46(33-13-4-8-17-37(33)48)31-24-25-43-42(28-31)40-20-11-21-41(50(40)51-43)47-34-14-5-9-18-38(34)49(45-27-23-30(2)53-45)39-19-10-6-15-35(39)47/h3-28,40,50H,1-2H3. The quantitative estimate of drug-likeness (QED) is 0.165. The molecular formula is C50H34OS2. The van der Waals surface area contributed by atoms with Crippen LogP contribution in [-0.4, -0.2) is 6.10 Å². The van der Waals surface area contributed by atoms with Crippen LogP contribution in [0.15, 0.2) is 158 Å². The maximum absolute atomic E-state index is 7.02. The molecule has 3 heterocycles. The Balaban J connectivity index is 1.08. The van der Waals surface area contributed by atoms with Gasteiger partial charge in [-0.2, -0.15) is 0 Å². The molecule has 1 aliphatic carbocycles. The van der Waals surface area contributed by atoms with Gasteiger partial charge in [-0.1, -0.05) is 121 Å². The molecule has 1 nitrogen and oxygen atoms in total. The second kappa shape index (κ2) is 11.9. The van der Waals surface area contributed by atoms with Gasteiger partial charge in [0.2, 0.25) is 0 Å². The lowest BCUT2D eigenvalue weighted by Gasteiger charge is -2.26. The summed E-state index contributed by atoms with van der Waals surface area (Å²) in [4.78, 5) is 5.28. The fourth-order valence-corrected chi connectivity index (χ4v) is 10.9. The first kappa shape index (κ1) is 30.8. The average Bonchev–Trinajstić information content (AvgIpc) is 3.93. The van der Waals surface area contributed by atoms with Crippen LogP contribution in [0.4, 0.5) is 0 Å². The van der Waals surface area contributed by atoms with E-state index in [0.29, 0.717) is 0 Å². The largest absolute Gasteiger partial charge is 0.484 e. The van der Waals surface area contributed by atoms with E-state index in [-0.39, 0.29) is 12.0 Å². The number of allylic oxidation sites excluding steroid dienone is 2. The zero-order valence-electron chi connectivity index (χ0n) is 29.4. The van der Waals surface area contributed by atoms with Crippen molar-refractivity contribution in [3.8, 4) is 37.8 Å². The predicted molar refractivity (Wildman–Crippen MR) is 229 cm³/mol. The molecule has 0 radical (unpaired) electrons. The van der Waals surface area contributed by atoms with Crippen LogP contribution in [0.2, 0.25) is 0 Å². The number of thiophene rings is 2. The molecule has 7 aromatic carbocycles. The van der Waals surface area contributed by atoms with E-state index in [0.717, 1.165) is 5.75 Å². The van der Waals surface area contributed by atoms with Crippen molar-refractivity contribution in [2.45, 2.75) is 25.9 Å². The van der Waals surface area contributed by atoms with Gasteiger partial charge in [0.15, 0.2) is 0 Å². The molecule has 2 aromatic heterocycles. The number of hydrogen-bond donors (Lipinski definition) is 0. The van der Waals surface area contributed by atoms with Crippen molar-refractivity contribution in [1.82, 2.24) is 0 Å². The Morgan fingerprint density at radius 1 is 0.472 bits per heavy atom. The smallest absolute Gasteiger partial charge is 0.135 e. The highest BCUT2D eigenvalue weighted by atomic mass is 32.1. The summed E-state index contributed by atoms with van der Waals surface area (Å²) < 4.78 is 7.02. The summed E-state index contributed by atoms with van der Waals surface area (Å²) in [6, 6.07) is 51.7. The summed E-state index contributed by atoms with van der Waals surface area (Å²) in [5.74, 6) is 1.08. The Morgan fingerprint density at radius 2 is 0.925 bits per heavy atom. The van der Waals surface area contributed by atoms with Crippen LogP contribution in [0.5, 0.6) is 5.75 Å². The first-order valence-corrected chi connectivity index (χ1v) is 20.0. The van der Waals surface area contributed by atoms with Crippen molar-refractivity contribution in [3.63, 3.8) is 0 Å². The zero-order valence-corrected chi connectivity index (χ0v) is 31.0. The summed E-state index contributed by atoms with van der Waals surface area (Å²) in [7, 11) is 0. The molecule has 252 valence electrons. The van der Waals surface area contributed by atoms with Gasteiger partial charge in [-0.3, -0.25) is 0 Å². The number of rotatable bonds is 4. The first-order chi connectivity index (χ1) is 26.1. The van der Waals surface area contributed by atoms with E-state index in [1.165, 1.54) is 102 Å². The molecule has 0 saturated carbocycles. The van der Waals surface area contributed by atoms with Gasteiger partial charge in [0.25, 0.3) is 0 Å². The molecule has 0 amide bonds. The zero-order chi connectivity index (χ0) is 35.2. The van der Waals surface area contributed by atoms with E-state index in [9.17, 15) is 0 Å². The molecule has 2 aliphatic rings. The molecule has 1 aliphatic heterocycles. The monoisotopic (exact) mass is 714 g/mol. The van der Waals surface area contributed by atoms with Crippen molar-refractivity contribution >= 4 is 71.3 Å². The molecule has 3 heteroatoms. The van der Waals surface area contributed by atoms with Crippen molar-refractivity contribution in [1.29, 1.82) is 0 Å². The summed E-state index contributed by atoms with van der Waals surface area (Å²) in [6.45, 7) is 4.39. The highest BCUT2D eigenvalue weighted by molar-refractivity contribution is 7.16. The fourth-order valence-electron chi connectivity index (χ4n) is 9.05. The van der Waals surface area contributed by atoms with Gasteiger partial charge in [0.05, 0.1) is 0 Å². The molecule has 2 atom stereocenters. The normalized spacial score (nSPS) is 16.3. The highest BCUT2D eigenvalue weighted by Crippen LogP contribution is 2.52. The van der Waals surface area contributed by atoms with Crippen LogP contribution in [0, 0.1) is 13.8 Å². The lowest BCUT2D eigenvalue weighted by molar-refractivity contribution is 0.278. The molecule has 0 saturated heterocycles. The highest BCUT2D eigenvalue weighted by Gasteiger charge is 2.38. The van der Waals surface area contributed by atoms with Gasteiger partial charge < -0.3 is 4.74 Å². The fraction of sp³-hybridized carbons (Fsp3) is 0.0800. The number of aryl methyl sites for hydroxylation is 2. The number of ether oxygens (including phenoxy) is 1. The Morgan fingerprint density at radius 3 is 1.38 bits per heavy atom. The van der Waals surface area contributed by atoms with Crippen LogP contribution in [0.1, 0.15) is 26.8 Å². The minimum absolute atomic E-state index is 0.105. The average molecular weight is 715 g/mol. The third-order valence-corrected chi connectivity index (χ3v) is 13.3. The van der Waals surface area contributed by atoms with Gasteiger partial charge in [-0.05, 0) is 110 Å². The van der Waals surface area contributed by atoms with Crippen LogP contribution in [0.25, 0.3) is 80.7 Å². The Kier molecular flexibility index (Phi) is 6.92. The topological polar surface area (TPSA) is 9.23 Å². The van der Waals surface area contributed by atoms with E-state index >= 15 is 0 Å². The minimum Gasteiger partial charge on any atom is -0.484 e. The summed E-state index contributed by atoms with van der Waals surface area (Å²) in [5, 5.41) is 10.3. The maximum Gasteiger partial charge on any atom is 0.135 e. The van der Waals surface area contributed by atoms with E-state index < -0.39 is 0 Å². The Labute approximate surface area is 316 Å². The minimum atomic E-state index is -0.121. The number of fused-ring (bicyclic) bond motifs is 7. The SMILES string of the molecule is Cc1ccc(-c2c3ccccc3c(C3=CC=CC4c5cc(-c6c7ccccc7c(-c7ccc(C)s7)c7ccccc67)ccc5OC34)c3ccccc23)s1. The van der Waals surface area contributed by atoms with E-state index in [4.69, 9.17) is 4.74 Å². The Hall–Kier alpha value is -5.74. The molecule has 53 heavy (non-hydrogen) atoms. The van der Waals surface area contributed by atoms with Gasteiger partial charge in [0, 0.05) is 47.7 Å². The third kappa shape index (κ3) is 4.67. The lowest BCUT2D eigenvalue weighted by atomic mass is 9.79. The Bertz CT molecular complexity index is 2910. The second-order valence-electron chi connectivity index (χ2n) is 14.3. The molecule has 0 N–H and O–H groups in total. The summed E-state index contributed by atoms with van der Waals surface area (Å²) in [6.07, 6.45) is 6.77. The van der Waals surface area contributed by atoms with Gasteiger partial charge in [-0.25, -0.2) is 0 Å². The van der Waals surface area contributed by atoms with Crippen molar-refractivity contribution in [2.75, 3.05) is 0 Å². The molecular weight excluding hydrogens is 681 g/mol. The van der Waals surface area contributed by atoms with E-state index in [2.05, 4.69) is 172 Å². The maximum atomic E-state index is 7.02. The van der Waals surface area contributed by atoms with Crippen LogP contribution < -0.4 is 4.74 Å². The molecule has 11 rings (SSSR count). The molecule has 0 bridgehead atoms. The number of benzene rings is 7. The van der Waals surface area contributed by atoms with Crippen molar-refractivity contribution < 1.29 is 4.74 Å². The van der Waals surface area contributed by atoms with E-state index in [1.807, 2.05) is 22.7 Å². The molecule has 0 fully saturated rings. The van der Waals surface area contributed by atoms with Crippen LogP contribution in [0.3, 0.4) is 0 Å². The van der Waals surface area contributed by atoms with E-state index in [1.54, 1.807) is 0 Å². The molecule has 2 unspecified atom stereocenters. The van der Waals surface area contributed by atoms with Crippen LogP contribution >= 0.6 is 22.7 Å². The van der Waals surface area contributed by atoms with Crippen molar-refractivity contribution in [2.24, 2.45) is 0 Å². The summed E-state index contributed by atoms with van der Waals surface area (Å²) in [5.41, 5.74) is 8.92. The van der Waals surface area contributed by atoms with Gasteiger partial charge in [0.1, 0.15) is 11.9 Å². The predicted octanol–water partition coefficient (Wildman–Crippen LogP) is 14.5. The lowest BCUT2D eigenvalue weighted by Crippen LogP contribution is -2.21. The van der Waals surface area contributed by atoms with Gasteiger partial charge in [-0.15, -0.1) is 22.7 Å². The first-order valence-electron chi connectivity index (χ1n) is 18.3. The van der Waals surface area contributed by atoms with Crippen molar-refractivity contribution in [3.05, 3.63) is 179 Å². The van der Waals surface area contributed by atoms with Crippen LogP contribution in [-0.2, 0) is 0 Å². The summed E-state index contributed by atoms with van der Waals surface area (Å²) >= 11 is 3.74. The third-order valence-electron chi connectivity index (χ3n) is 11.3. The van der Waals surface area contributed by atoms with Gasteiger partial charge >= 0.3 is 0 Å². The number of hydrogen-bond acceptors (Lipinski definition) is 3.